The maximum atomic E-state index is 5.64. The summed E-state index contributed by atoms with van der Waals surface area (Å²) in [5.41, 5.74) is 1.30. The minimum absolute atomic E-state index is 0.395. The molecule has 0 fully saturated rings. The Kier molecular flexibility index (Phi) is 6.71. The predicted octanol–water partition coefficient (Wildman–Crippen LogP) is 3.93. The summed E-state index contributed by atoms with van der Waals surface area (Å²) in [5, 5.41) is 3.53. The van der Waals surface area contributed by atoms with Gasteiger partial charge in [-0.2, -0.15) is 0 Å². The van der Waals surface area contributed by atoms with Gasteiger partial charge < -0.3 is 10.1 Å². The molecule has 17 heavy (non-hydrogen) atoms. The molecule has 0 saturated carbocycles. The Bertz CT molecular complexity index is 312. The molecule has 0 unspecified atom stereocenters. The van der Waals surface area contributed by atoms with Gasteiger partial charge in [-0.3, -0.25) is 0 Å². The van der Waals surface area contributed by atoms with Gasteiger partial charge in [0, 0.05) is 6.04 Å². The number of rotatable bonds is 8. The number of hydrogen-bond donors (Lipinski definition) is 1. The zero-order valence-electron chi connectivity index (χ0n) is 11.3. The van der Waals surface area contributed by atoms with Crippen molar-refractivity contribution >= 4 is 0 Å². The van der Waals surface area contributed by atoms with Crippen LogP contribution in [0.1, 0.15) is 51.6 Å². The second-order valence-corrected chi connectivity index (χ2v) is 4.45. The molecule has 0 spiro atoms. The second kappa shape index (κ2) is 8.13. The summed E-state index contributed by atoms with van der Waals surface area (Å²) in [4.78, 5) is 0. The highest BCUT2D eigenvalue weighted by molar-refractivity contribution is 5.30. The van der Waals surface area contributed by atoms with Gasteiger partial charge in [-0.25, -0.2) is 0 Å². The normalized spacial score (nSPS) is 12.4. The molecule has 1 rings (SSSR count). The largest absolute Gasteiger partial charge is 0.494 e. The third-order valence-corrected chi connectivity index (χ3v) is 2.81. The molecule has 0 amide bonds. The molecular weight excluding hydrogens is 210 g/mol. The fraction of sp³-hybridized carbons (Fsp3) is 0.600. The van der Waals surface area contributed by atoms with Crippen LogP contribution < -0.4 is 10.1 Å². The van der Waals surface area contributed by atoms with Crippen LogP contribution in [0.4, 0.5) is 0 Å². The van der Waals surface area contributed by atoms with Crippen LogP contribution in [0.15, 0.2) is 24.3 Å². The molecule has 2 heteroatoms. The van der Waals surface area contributed by atoms with Crippen LogP contribution in [0.3, 0.4) is 0 Å². The van der Waals surface area contributed by atoms with Crippen LogP contribution in [0.5, 0.6) is 5.75 Å². The van der Waals surface area contributed by atoms with Gasteiger partial charge in [0.25, 0.3) is 0 Å². The SMILES string of the molecule is CCCCN[C@H](C)c1cccc(OCCC)c1. The monoisotopic (exact) mass is 235 g/mol. The predicted molar refractivity (Wildman–Crippen MR) is 73.6 cm³/mol. The van der Waals surface area contributed by atoms with Crippen LogP contribution >= 0.6 is 0 Å². The molecule has 2 nitrogen and oxygen atoms in total. The molecule has 0 bridgehead atoms. The molecule has 0 aromatic heterocycles. The maximum Gasteiger partial charge on any atom is 0.119 e. The summed E-state index contributed by atoms with van der Waals surface area (Å²) in [5.74, 6) is 0.980. The molecule has 0 radical (unpaired) electrons. The number of hydrogen-bond acceptors (Lipinski definition) is 2. The van der Waals surface area contributed by atoms with Gasteiger partial charge in [-0.1, -0.05) is 32.4 Å². The van der Waals surface area contributed by atoms with E-state index in [1.165, 1.54) is 18.4 Å². The summed E-state index contributed by atoms with van der Waals surface area (Å²) in [7, 11) is 0. The van der Waals surface area contributed by atoms with Crippen molar-refractivity contribution in [3.8, 4) is 5.75 Å². The summed E-state index contributed by atoms with van der Waals surface area (Å²) >= 11 is 0. The minimum atomic E-state index is 0.395. The van der Waals surface area contributed by atoms with E-state index in [1.807, 2.05) is 6.07 Å². The van der Waals surface area contributed by atoms with Gasteiger partial charge >= 0.3 is 0 Å². The summed E-state index contributed by atoms with van der Waals surface area (Å²) < 4.78 is 5.64. The zero-order valence-corrected chi connectivity index (χ0v) is 11.3. The molecule has 0 heterocycles. The molecule has 1 aromatic carbocycles. The van der Waals surface area contributed by atoms with Gasteiger partial charge in [-0.15, -0.1) is 0 Å². The van der Waals surface area contributed by atoms with Crippen molar-refractivity contribution < 1.29 is 4.74 Å². The molecule has 1 N–H and O–H groups in total. The Morgan fingerprint density at radius 2 is 2.06 bits per heavy atom. The van der Waals surface area contributed by atoms with Crippen LogP contribution in [-0.4, -0.2) is 13.2 Å². The lowest BCUT2D eigenvalue weighted by Crippen LogP contribution is -2.19. The zero-order chi connectivity index (χ0) is 12.5. The lowest BCUT2D eigenvalue weighted by molar-refractivity contribution is 0.317. The van der Waals surface area contributed by atoms with Crippen molar-refractivity contribution in [1.29, 1.82) is 0 Å². The topological polar surface area (TPSA) is 21.3 Å². The van der Waals surface area contributed by atoms with Crippen molar-refractivity contribution in [3.05, 3.63) is 29.8 Å². The molecule has 0 aliphatic rings. The number of benzene rings is 1. The van der Waals surface area contributed by atoms with E-state index in [-0.39, 0.29) is 0 Å². The van der Waals surface area contributed by atoms with E-state index in [4.69, 9.17) is 4.74 Å². The lowest BCUT2D eigenvalue weighted by Gasteiger charge is -2.15. The maximum absolute atomic E-state index is 5.64. The van der Waals surface area contributed by atoms with Crippen LogP contribution in [0, 0.1) is 0 Å². The van der Waals surface area contributed by atoms with E-state index in [0.29, 0.717) is 6.04 Å². The highest BCUT2D eigenvalue weighted by atomic mass is 16.5. The number of unbranched alkanes of at least 4 members (excludes halogenated alkanes) is 1. The molecule has 0 aliphatic heterocycles. The molecule has 1 atom stereocenters. The van der Waals surface area contributed by atoms with E-state index < -0.39 is 0 Å². The van der Waals surface area contributed by atoms with Crippen molar-refractivity contribution in [3.63, 3.8) is 0 Å². The Morgan fingerprint density at radius 3 is 2.76 bits per heavy atom. The molecule has 0 aliphatic carbocycles. The van der Waals surface area contributed by atoms with E-state index in [2.05, 4.69) is 44.3 Å². The van der Waals surface area contributed by atoms with Crippen LogP contribution in [0.25, 0.3) is 0 Å². The van der Waals surface area contributed by atoms with Gasteiger partial charge in [-0.05, 0) is 44.0 Å². The lowest BCUT2D eigenvalue weighted by atomic mass is 10.1. The van der Waals surface area contributed by atoms with E-state index >= 15 is 0 Å². The average molecular weight is 235 g/mol. The first-order chi connectivity index (χ1) is 8.27. The van der Waals surface area contributed by atoms with E-state index in [0.717, 1.165) is 25.3 Å². The summed E-state index contributed by atoms with van der Waals surface area (Å²) in [6, 6.07) is 8.78. The first kappa shape index (κ1) is 14.0. The smallest absolute Gasteiger partial charge is 0.119 e. The highest BCUT2D eigenvalue weighted by Gasteiger charge is 2.05. The Labute approximate surface area is 105 Å². The van der Waals surface area contributed by atoms with Gasteiger partial charge in [0.05, 0.1) is 6.61 Å². The Hall–Kier alpha value is -1.02. The molecular formula is C15H25NO. The molecule has 0 saturated heterocycles. The van der Waals surface area contributed by atoms with Gasteiger partial charge in [0.1, 0.15) is 5.75 Å². The van der Waals surface area contributed by atoms with Crippen LogP contribution in [0.2, 0.25) is 0 Å². The first-order valence-corrected chi connectivity index (χ1v) is 6.74. The Morgan fingerprint density at radius 1 is 1.24 bits per heavy atom. The molecule has 96 valence electrons. The average Bonchev–Trinajstić information content (AvgIpc) is 2.37. The summed E-state index contributed by atoms with van der Waals surface area (Å²) in [6.45, 7) is 8.41. The highest BCUT2D eigenvalue weighted by Crippen LogP contribution is 2.19. The van der Waals surface area contributed by atoms with Crippen LogP contribution in [-0.2, 0) is 0 Å². The van der Waals surface area contributed by atoms with Crippen molar-refractivity contribution in [1.82, 2.24) is 5.32 Å². The second-order valence-electron chi connectivity index (χ2n) is 4.45. The fourth-order valence-electron chi connectivity index (χ4n) is 1.71. The van der Waals surface area contributed by atoms with E-state index in [9.17, 15) is 0 Å². The fourth-order valence-corrected chi connectivity index (χ4v) is 1.71. The number of ether oxygens (including phenoxy) is 1. The van der Waals surface area contributed by atoms with Gasteiger partial charge in [0.15, 0.2) is 0 Å². The molecule has 1 aromatic rings. The minimum Gasteiger partial charge on any atom is -0.494 e. The van der Waals surface area contributed by atoms with Gasteiger partial charge in [0.2, 0.25) is 0 Å². The Balaban J connectivity index is 2.51. The third kappa shape index (κ3) is 5.22. The van der Waals surface area contributed by atoms with E-state index in [1.54, 1.807) is 0 Å². The number of nitrogens with one attached hydrogen (secondary N) is 1. The van der Waals surface area contributed by atoms with Crippen molar-refractivity contribution in [2.45, 2.75) is 46.1 Å². The standard InChI is InChI=1S/C15H25NO/c1-4-6-10-16-13(3)14-8-7-9-15(12-14)17-11-5-2/h7-9,12-13,16H,4-6,10-11H2,1-3H3/t13-/m1/s1. The van der Waals surface area contributed by atoms with Crippen molar-refractivity contribution in [2.24, 2.45) is 0 Å². The first-order valence-electron chi connectivity index (χ1n) is 6.74. The summed E-state index contributed by atoms with van der Waals surface area (Å²) in [6.07, 6.45) is 3.52. The quantitative estimate of drug-likeness (QED) is 0.689. The van der Waals surface area contributed by atoms with Crippen molar-refractivity contribution in [2.75, 3.05) is 13.2 Å². The third-order valence-electron chi connectivity index (χ3n) is 2.81.